The molecule has 0 N–H and O–H groups in total. The molecule has 0 amide bonds. The molecule has 13 heavy (non-hydrogen) atoms. The average molecular weight is 242 g/mol. The molecule has 2 nitrogen and oxygen atoms in total. The zero-order valence-corrected chi connectivity index (χ0v) is 8.14. The molecular weight excluding hydrogens is 237 g/mol. The lowest BCUT2D eigenvalue weighted by molar-refractivity contribution is 0.0994. The molecule has 0 aromatic heterocycles. The number of carbonyl (C=O) groups excluding carboxylic acids is 1. The van der Waals surface area contributed by atoms with Crippen molar-refractivity contribution in [2.45, 2.75) is 6.42 Å². The number of hydrogen-bond donors (Lipinski definition) is 0. The zero-order chi connectivity index (χ0) is 9.84. The van der Waals surface area contributed by atoms with E-state index in [1.807, 2.05) is 0 Å². The van der Waals surface area contributed by atoms with Crippen LogP contribution in [0.1, 0.15) is 16.8 Å². The summed E-state index contributed by atoms with van der Waals surface area (Å²) in [4.78, 5) is 11.1. The lowest BCUT2D eigenvalue weighted by Crippen LogP contribution is -2.01. The van der Waals surface area contributed by atoms with Crippen LogP contribution in [0.15, 0.2) is 22.7 Å². The van der Waals surface area contributed by atoms with Gasteiger partial charge in [-0.3, -0.25) is 4.79 Å². The lowest BCUT2D eigenvalue weighted by Gasteiger charge is -1.99. The van der Waals surface area contributed by atoms with Gasteiger partial charge in [0, 0.05) is 0 Å². The number of hydrogen-bond acceptors (Lipinski definition) is 2. The number of halogens is 2. The van der Waals surface area contributed by atoms with Gasteiger partial charge in [-0.25, -0.2) is 4.39 Å². The first-order valence-corrected chi connectivity index (χ1v) is 4.30. The highest BCUT2D eigenvalue weighted by molar-refractivity contribution is 9.10. The molecule has 0 atom stereocenters. The molecule has 1 aromatic rings. The van der Waals surface area contributed by atoms with Gasteiger partial charge in [0.2, 0.25) is 0 Å². The summed E-state index contributed by atoms with van der Waals surface area (Å²) in [7, 11) is 0. The van der Waals surface area contributed by atoms with E-state index in [2.05, 4.69) is 15.9 Å². The minimum Gasteiger partial charge on any atom is -0.293 e. The van der Waals surface area contributed by atoms with Gasteiger partial charge in [-0.15, -0.1) is 0 Å². The summed E-state index contributed by atoms with van der Waals surface area (Å²) in [5.74, 6) is -1.11. The normalized spacial score (nSPS) is 9.31. The first-order valence-electron chi connectivity index (χ1n) is 3.51. The van der Waals surface area contributed by atoms with E-state index in [4.69, 9.17) is 5.26 Å². The molecule has 0 aliphatic heterocycles. The van der Waals surface area contributed by atoms with Crippen molar-refractivity contribution in [2.24, 2.45) is 0 Å². The molecular formula is C9H5BrFNO. The standard InChI is InChI=1S/C9H5BrFNO/c10-7-3-1-2-6(9(7)11)8(13)4-5-12/h1-3H,4H2. The van der Waals surface area contributed by atoms with Crippen LogP contribution in [0.3, 0.4) is 0 Å². The Morgan fingerprint density at radius 1 is 1.62 bits per heavy atom. The molecule has 0 aliphatic rings. The second-order valence-electron chi connectivity index (χ2n) is 2.36. The third-order valence-electron chi connectivity index (χ3n) is 1.49. The molecule has 4 heteroatoms. The Morgan fingerprint density at radius 3 is 2.92 bits per heavy atom. The molecule has 0 saturated heterocycles. The van der Waals surface area contributed by atoms with Gasteiger partial charge < -0.3 is 0 Å². The van der Waals surface area contributed by atoms with E-state index < -0.39 is 11.6 Å². The molecule has 0 saturated carbocycles. The Kier molecular flexibility index (Phi) is 3.15. The second kappa shape index (κ2) is 4.15. The molecule has 0 heterocycles. The highest BCUT2D eigenvalue weighted by Crippen LogP contribution is 2.19. The molecule has 1 aromatic carbocycles. The Balaban J connectivity index is 3.09. The van der Waals surface area contributed by atoms with Crippen LogP contribution in [0.25, 0.3) is 0 Å². The molecule has 66 valence electrons. The van der Waals surface area contributed by atoms with Crippen molar-refractivity contribution in [1.29, 1.82) is 5.26 Å². The summed E-state index contributed by atoms with van der Waals surface area (Å²) in [6, 6.07) is 6.09. The Labute approximate surface area is 83.1 Å². The predicted octanol–water partition coefficient (Wildman–Crippen LogP) is 2.68. The number of benzene rings is 1. The number of ketones is 1. The van der Waals surface area contributed by atoms with Gasteiger partial charge in [-0.2, -0.15) is 5.26 Å². The largest absolute Gasteiger partial charge is 0.293 e. The Hall–Kier alpha value is -1.21. The molecule has 0 unspecified atom stereocenters. The monoisotopic (exact) mass is 241 g/mol. The van der Waals surface area contributed by atoms with E-state index in [0.29, 0.717) is 0 Å². The zero-order valence-electron chi connectivity index (χ0n) is 6.55. The number of rotatable bonds is 2. The molecule has 0 fully saturated rings. The lowest BCUT2D eigenvalue weighted by atomic mass is 10.1. The van der Waals surface area contributed by atoms with E-state index in [-0.39, 0.29) is 16.5 Å². The van der Waals surface area contributed by atoms with E-state index in [9.17, 15) is 9.18 Å². The van der Waals surface area contributed by atoms with Crippen LogP contribution < -0.4 is 0 Å². The van der Waals surface area contributed by atoms with Gasteiger partial charge in [-0.1, -0.05) is 6.07 Å². The van der Waals surface area contributed by atoms with Gasteiger partial charge in [0.05, 0.1) is 22.5 Å². The van der Waals surface area contributed by atoms with Crippen molar-refractivity contribution >= 4 is 21.7 Å². The third-order valence-corrected chi connectivity index (χ3v) is 2.10. The van der Waals surface area contributed by atoms with Crippen LogP contribution in [0, 0.1) is 17.1 Å². The van der Waals surface area contributed by atoms with Crippen LogP contribution in [0.5, 0.6) is 0 Å². The molecule has 0 radical (unpaired) electrons. The van der Waals surface area contributed by atoms with Crippen molar-refractivity contribution in [2.75, 3.05) is 0 Å². The summed E-state index contributed by atoms with van der Waals surface area (Å²) in [6.45, 7) is 0. The maximum absolute atomic E-state index is 13.2. The summed E-state index contributed by atoms with van der Waals surface area (Å²) in [5, 5.41) is 8.25. The fourth-order valence-electron chi connectivity index (χ4n) is 0.886. The van der Waals surface area contributed by atoms with Crippen molar-refractivity contribution in [3.63, 3.8) is 0 Å². The van der Waals surface area contributed by atoms with Crippen LogP contribution in [0.4, 0.5) is 4.39 Å². The summed E-state index contributed by atoms with van der Waals surface area (Å²) in [5.41, 5.74) is -0.0454. The second-order valence-corrected chi connectivity index (χ2v) is 3.21. The molecule has 1 rings (SSSR count). The Morgan fingerprint density at radius 2 is 2.31 bits per heavy atom. The molecule has 0 aliphatic carbocycles. The number of nitrogens with zero attached hydrogens (tertiary/aromatic N) is 1. The minimum absolute atomic E-state index is 0.0454. The highest BCUT2D eigenvalue weighted by Gasteiger charge is 2.12. The van der Waals surface area contributed by atoms with Crippen molar-refractivity contribution in [3.05, 3.63) is 34.1 Å². The van der Waals surface area contributed by atoms with Crippen LogP contribution in [-0.4, -0.2) is 5.78 Å². The first kappa shape index (κ1) is 9.87. The third kappa shape index (κ3) is 2.13. The summed E-state index contributed by atoms with van der Waals surface area (Å²) < 4.78 is 13.4. The SMILES string of the molecule is N#CCC(=O)c1cccc(Br)c1F. The average Bonchev–Trinajstić information content (AvgIpc) is 2.10. The smallest absolute Gasteiger partial charge is 0.179 e. The Bertz CT molecular complexity index is 384. The summed E-state index contributed by atoms with van der Waals surface area (Å²) in [6.07, 6.45) is -0.298. The predicted molar refractivity (Wildman–Crippen MR) is 48.7 cm³/mol. The number of carbonyl (C=O) groups is 1. The van der Waals surface area contributed by atoms with Gasteiger partial charge in [0.25, 0.3) is 0 Å². The van der Waals surface area contributed by atoms with Crippen LogP contribution in [-0.2, 0) is 0 Å². The van der Waals surface area contributed by atoms with Crippen LogP contribution >= 0.6 is 15.9 Å². The fourth-order valence-corrected chi connectivity index (χ4v) is 1.25. The fraction of sp³-hybridized carbons (Fsp3) is 0.111. The van der Waals surface area contributed by atoms with E-state index in [1.54, 1.807) is 12.1 Å². The molecule has 0 bridgehead atoms. The topological polar surface area (TPSA) is 40.9 Å². The van der Waals surface area contributed by atoms with Crippen molar-refractivity contribution in [1.82, 2.24) is 0 Å². The van der Waals surface area contributed by atoms with Gasteiger partial charge in [-0.05, 0) is 28.1 Å². The quantitative estimate of drug-likeness (QED) is 0.748. The maximum atomic E-state index is 13.2. The minimum atomic E-state index is -0.609. The number of Topliss-reactive ketones (excluding diaryl/α,β-unsaturated/α-hetero) is 1. The van der Waals surface area contributed by atoms with Crippen molar-refractivity contribution < 1.29 is 9.18 Å². The highest BCUT2D eigenvalue weighted by atomic mass is 79.9. The van der Waals surface area contributed by atoms with Crippen molar-refractivity contribution in [3.8, 4) is 6.07 Å². The maximum Gasteiger partial charge on any atom is 0.179 e. The van der Waals surface area contributed by atoms with Gasteiger partial charge in [0.15, 0.2) is 5.78 Å². The van der Waals surface area contributed by atoms with E-state index >= 15 is 0 Å². The first-order chi connectivity index (χ1) is 6.16. The summed E-state index contributed by atoms with van der Waals surface area (Å²) >= 11 is 2.96. The van der Waals surface area contributed by atoms with Gasteiger partial charge in [0.1, 0.15) is 5.82 Å². The number of nitriles is 1. The van der Waals surface area contributed by atoms with E-state index in [0.717, 1.165) is 0 Å². The van der Waals surface area contributed by atoms with Gasteiger partial charge >= 0.3 is 0 Å². The van der Waals surface area contributed by atoms with Crippen LogP contribution in [0.2, 0.25) is 0 Å². The molecule has 0 spiro atoms. The van der Waals surface area contributed by atoms with E-state index in [1.165, 1.54) is 12.1 Å².